The molecule has 2 amide bonds. The van der Waals surface area contributed by atoms with Crippen LogP contribution in [0, 0.1) is 0 Å². The smallest absolute Gasteiger partial charge is 0.262 e. The molecule has 6 nitrogen and oxygen atoms in total. The third-order valence-electron chi connectivity index (χ3n) is 4.17. The largest absolute Gasteiger partial charge is 0.351 e. The van der Waals surface area contributed by atoms with Gasteiger partial charge in [0.25, 0.3) is 11.8 Å². The number of nitrogens with one attached hydrogen (secondary N) is 2. The van der Waals surface area contributed by atoms with Gasteiger partial charge in [-0.2, -0.15) is 0 Å². The standard InChI is InChI=1S/C22H24N2O4S/c1-3-27-20(28-4-2)14-23-21(25)16-10-11-18-17(13-16)24-22(26)19(29-18)12-15-8-6-5-7-9-15/h5-13,20H,3-4,14H2,1-2H3,(H,23,25)(H,24,26). The number of thioether (sulfide) groups is 1. The van der Waals surface area contributed by atoms with Gasteiger partial charge in [0.05, 0.1) is 17.1 Å². The molecule has 0 unspecified atom stereocenters. The lowest BCUT2D eigenvalue weighted by Crippen LogP contribution is -2.35. The summed E-state index contributed by atoms with van der Waals surface area (Å²) in [5, 5.41) is 5.68. The number of ether oxygens (including phenoxy) is 2. The fraction of sp³-hybridized carbons (Fsp3) is 0.273. The van der Waals surface area contributed by atoms with Crippen LogP contribution in [0.25, 0.3) is 6.08 Å². The molecule has 0 spiro atoms. The van der Waals surface area contributed by atoms with Gasteiger partial charge in [0.1, 0.15) is 0 Å². The van der Waals surface area contributed by atoms with Crippen molar-refractivity contribution in [3.8, 4) is 0 Å². The van der Waals surface area contributed by atoms with Gasteiger partial charge < -0.3 is 20.1 Å². The Morgan fingerprint density at radius 1 is 1.14 bits per heavy atom. The molecule has 1 heterocycles. The Morgan fingerprint density at radius 2 is 1.86 bits per heavy atom. The van der Waals surface area contributed by atoms with E-state index in [2.05, 4.69) is 10.6 Å². The summed E-state index contributed by atoms with van der Waals surface area (Å²) in [5.41, 5.74) is 2.05. The summed E-state index contributed by atoms with van der Waals surface area (Å²) in [7, 11) is 0. The lowest BCUT2D eigenvalue weighted by Gasteiger charge is -2.20. The second-order valence-electron chi connectivity index (χ2n) is 6.24. The topological polar surface area (TPSA) is 76.7 Å². The van der Waals surface area contributed by atoms with Gasteiger partial charge in [-0.25, -0.2) is 0 Å². The van der Waals surface area contributed by atoms with Gasteiger partial charge in [-0.3, -0.25) is 9.59 Å². The zero-order valence-corrected chi connectivity index (χ0v) is 17.3. The SMILES string of the molecule is CCOC(CNC(=O)c1ccc2c(c1)NC(=O)C(=Cc1ccccc1)S2)OCC. The van der Waals surface area contributed by atoms with E-state index in [1.54, 1.807) is 12.1 Å². The van der Waals surface area contributed by atoms with Crippen LogP contribution in [0.4, 0.5) is 5.69 Å². The monoisotopic (exact) mass is 412 g/mol. The van der Waals surface area contributed by atoms with Crippen LogP contribution in [0.5, 0.6) is 0 Å². The highest BCUT2D eigenvalue weighted by Crippen LogP contribution is 2.39. The Hall–Kier alpha value is -2.61. The molecule has 0 bridgehead atoms. The minimum Gasteiger partial charge on any atom is -0.351 e. The molecule has 0 fully saturated rings. The average Bonchev–Trinajstić information content (AvgIpc) is 2.73. The van der Waals surface area contributed by atoms with Crippen molar-refractivity contribution in [2.75, 3.05) is 25.1 Å². The van der Waals surface area contributed by atoms with Gasteiger partial charge >= 0.3 is 0 Å². The molecular formula is C22H24N2O4S. The second kappa shape index (κ2) is 10.2. The molecule has 0 saturated heterocycles. The zero-order chi connectivity index (χ0) is 20.6. The molecule has 1 aliphatic heterocycles. The Bertz CT molecular complexity index is 893. The first-order valence-electron chi connectivity index (χ1n) is 9.52. The van der Waals surface area contributed by atoms with Gasteiger partial charge in [0.2, 0.25) is 0 Å². The molecule has 2 N–H and O–H groups in total. The number of amides is 2. The van der Waals surface area contributed by atoms with Crippen LogP contribution in [-0.4, -0.2) is 37.9 Å². The van der Waals surface area contributed by atoms with Crippen LogP contribution in [0.2, 0.25) is 0 Å². The minimum atomic E-state index is -0.479. The van der Waals surface area contributed by atoms with Crippen LogP contribution in [-0.2, 0) is 14.3 Å². The molecule has 3 rings (SSSR count). The fourth-order valence-electron chi connectivity index (χ4n) is 2.82. The lowest BCUT2D eigenvalue weighted by molar-refractivity contribution is -0.131. The van der Waals surface area contributed by atoms with Crippen molar-refractivity contribution in [1.82, 2.24) is 5.32 Å². The van der Waals surface area contributed by atoms with E-state index in [0.29, 0.717) is 29.4 Å². The minimum absolute atomic E-state index is 0.184. The third kappa shape index (κ3) is 5.69. The van der Waals surface area contributed by atoms with Crippen LogP contribution in [0.1, 0.15) is 29.8 Å². The van der Waals surface area contributed by atoms with Crippen molar-refractivity contribution in [2.24, 2.45) is 0 Å². The number of carbonyl (C=O) groups excluding carboxylic acids is 2. The maximum Gasteiger partial charge on any atom is 0.262 e. The summed E-state index contributed by atoms with van der Waals surface area (Å²) in [5.74, 6) is -0.432. The van der Waals surface area contributed by atoms with E-state index < -0.39 is 6.29 Å². The first kappa shape index (κ1) is 21.1. The van der Waals surface area contributed by atoms with E-state index >= 15 is 0 Å². The highest BCUT2D eigenvalue weighted by atomic mass is 32.2. The highest BCUT2D eigenvalue weighted by molar-refractivity contribution is 8.04. The zero-order valence-electron chi connectivity index (χ0n) is 16.4. The van der Waals surface area contributed by atoms with Gasteiger partial charge in [-0.1, -0.05) is 42.1 Å². The first-order valence-corrected chi connectivity index (χ1v) is 10.3. The molecule has 7 heteroatoms. The predicted molar refractivity (Wildman–Crippen MR) is 115 cm³/mol. The molecule has 1 aliphatic rings. The molecule has 0 saturated carbocycles. The van der Waals surface area contributed by atoms with E-state index in [-0.39, 0.29) is 18.4 Å². The lowest BCUT2D eigenvalue weighted by atomic mass is 10.1. The molecule has 2 aromatic rings. The molecule has 152 valence electrons. The summed E-state index contributed by atoms with van der Waals surface area (Å²) in [4.78, 5) is 26.4. The summed E-state index contributed by atoms with van der Waals surface area (Å²) in [6.45, 7) is 5.00. The van der Waals surface area contributed by atoms with Gasteiger partial charge in [0, 0.05) is 23.7 Å². The van der Waals surface area contributed by atoms with Crippen LogP contribution >= 0.6 is 11.8 Å². The number of rotatable bonds is 8. The van der Waals surface area contributed by atoms with Crippen LogP contribution in [0.15, 0.2) is 58.3 Å². The van der Waals surface area contributed by atoms with Gasteiger partial charge in [-0.15, -0.1) is 0 Å². The number of fused-ring (bicyclic) bond motifs is 1. The third-order valence-corrected chi connectivity index (χ3v) is 5.26. The van der Waals surface area contributed by atoms with Gasteiger partial charge in [0.15, 0.2) is 6.29 Å². The first-order chi connectivity index (χ1) is 14.1. The number of benzene rings is 2. The van der Waals surface area contributed by atoms with Crippen molar-refractivity contribution in [3.05, 3.63) is 64.6 Å². The van der Waals surface area contributed by atoms with Crippen LogP contribution in [0.3, 0.4) is 0 Å². The molecule has 0 atom stereocenters. The summed E-state index contributed by atoms with van der Waals surface area (Å²) < 4.78 is 10.9. The predicted octanol–water partition coefficient (Wildman–Crippen LogP) is 3.90. The van der Waals surface area contributed by atoms with Crippen molar-refractivity contribution in [3.63, 3.8) is 0 Å². The molecule has 0 aromatic heterocycles. The Balaban J connectivity index is 1.69. The van der Waals surface area contributed by atoms with E-state index in [1.807, 2.05) is 56.3 Å². The quantitative estimate of drug-likeness (QED) is 0.508. The van der Waals surface area contributed by atoms with E-state index in [0.717, 1.165) is 10.5 Å². The summed E-state index contributed by atoms with van der Waals surface area (Å²) >= 11 is 1.39. The highest BCUT2D eigenvalue weighted by Gasteiger charge is 2.22. The molecule has 0 radical (unpaired) electrons. The Labute approximate surface area is 174 Å². The van der Waals surface area contributed by atoms with Crippen molar-refractivity contribution < 1.29 is 19.1 Å². The number of hydrogen-bond acceptors (Lipinski definition) is 5. The summed E-state index contributed by atoms with van der Waals surface area (Å²) in [6.07, 6.45) is 1.37. The molecule has 2 aromatic carbocycles. The molecule has 29 heavy (non-hydrogen) atoms. The fourth-order valence-corrected chi connectivity index (χ4v) is 3.75. The van der Waals surface area contributed by atoms with Crippen LogP contribution < -0.4 is 10.6 Å². The summed E-state index contributed by atoms with van der Waals surface area (Å²) in [6, 6.07) is 15.0. The average molecular weight is 413 g/mol. The number of hydrogen-bond donors (Lipinski definition) is 2. The molecule has 0 aliphatic carbocycles. The van der Waals surface area contributed by atoms with E-state index in [4.69, 9.17) is 9.47 Å². The maximum atomic E-state index is 12.5. The maximum absolute atomic E-state index is 12.5. The number of anilines is 1. The van der Waals surface area contributed by atoms with Crippen molar-refractivity contribution in [1.29, 1.82) is 0 Å². The second-order valence-corrected chi connectivity index (χ2v) is 7.32. The normalized spacial score (nSPS) is 14.6. The Kier molecular flexibility index (Phi) is 7.46. The van der Waals surface area contributed by atoms with E-state index in [9.17, 15) is 9.59 Å². The number of carbonyl (C=O) groups is 2. The van der Waals surface area contributed by atoms with Gasteiger partial charge in [-0.05, 0) is 43.7 Å². The van der Waals surface area contributed by atoms with E-state index in [1.165, 1.54) is 11.8 Å². The molecular weight excluding hydrogens is 388 g/mol. The van der Waals surface area contributed by atoms with Crippen molar-refractivity contribution in [2.45, 2.75) is 25.0 Å². The van der Waals surface area contributed by atoms with Crippen molar-refractivity contribution >= 4 is 35.3 Å². The Morgan fingerprint density at radius 3 is 2.55 bits per heavy atom.